The van der Waals surface area contributed by atoms with Gasteiger partial charge in [-0.2, -0.15) is 0 Å². The predicted molar refractivity (Wildman–Crippen MR) is 31.2 cm³/mol. The maximum absolute atomic E-state index is 3.68. The monoisotopic (exact) mass is 97.1 g/mol. The molecule has 0 spiro atoms. The minimum Gasteiger partial charge on any atom is -0.294 e. The molecule has 1 saturated heterocycles. The Labute approximate surface area is 44.6 Å². The van der Waals surface area contributed by atoms with Crippen molar-refractivity contribution >= 4 is 0 Å². The topological polar surface area (TPSA) is 3.01 Å². The summed E-state index contributed by atoms with van der Waals surface area (Å²) in [4.78, 5) is 2.27. The molecule has 40 valence electrons. The van der Waals surface area contributed by atoms with Gasteiger partial charge in [-0.1, -0.05) is 6.08 Å². The SMILES string of the molecule is C=C[C@@H]1[C@H](C)N1C. The highest BCUT2D eigenvalue weighted by Gasteiger charge is 2.36. The molecule has 0 aromatic rings. The molecule has 0 amide bonds. The van der Waals surface area contributed by atoms with Crippen molar-refractivity contribution in [2.75, 3.05) is 7.05 Å². The fourth-order valence-electron chi connectivity index (χ4n) is 0.887. The molecule has 1 heterocycles. The van der Waals surface area contributed by atoms with E-state index < -0.39 is 0 Å². The van der Waals surface area contributed by atoms with Gasteiger partial charge in [-0.3, -0.25) is 4.90 Å². The highest BCUT2D eigenvalue weighted by molar-refractivity contribution is 5.07. The second-order valence-corrected chi connectivity index (χ2v) is 2.13. The van der Waals surface area contributed by atoms with E-state index in [1.165, 1.54) is 0 Å². The molecule has 1 nitrogen and oxygen atoms in total. The lowest BCUT2D eigenvalue weighted by molar-refractivity contribution is 0.618. The maximum atomic E-state index is 3.68. The van der Waals surface area contributed by atoms with Gasteiger partial charge in [0.15, 0.2) is 0 Å². The zero-order chi connectivity index (χ0) is 5.44. The minimum absolute atomic E-state index is 0.667. The van der Waals surface area contributed by atoms with Crippen molar-refractivity contribution in [3.8, 4) is 0 Å². The van der Waals surface area contributed by atoms with E-state index in [0.717, 1.165) is 6.04 Å². The number of rotatable bonds is 1. The standard InChI is InChI=1S/C6H11N/c1-4-6-5(2)7(6)3/h4-6H,1H2,2-3H3/t5-,6+,7?/m0/s1. The summed E-state index contributed by atoms with van der Waals surface area (Å²) in [5, 5.41) is 0. The summed E-state index contributed by atoms with van der Waals surface area (Å²) in [7, 11) is 2.11. The third-order valence-electron chi connectivity index (χ3n) is 1.76. The molecule has 1 rings (SSSR count). The van der Waals surface area contributed by atoms with Crippen LogP contribution in [0.3, 0.4) is 0 Å². The smallest absolute Gasteiger partial charge is 0.0429 e. The molecule has 1 aliphatic heterocycles. The molecule has 1 fully saturated rings. The van der Waals surface area contributed by atoms with E-state index in [4.69, 9.17) is 0 Å². The van der Waals surface area contributed by atoms with Crippen LogP contribution in [0.1, 0.15) is 6.92 Å². The summed E-state index contributed by atoms with van der Waals surface area (Å²) < 4.78 is 0. The van der Waals surface area contributed by atoms with Crippen LogP contribution in [0.4, 0.5) is 0 Å². The van der Waals surface area contributed by atoms with E-state index >= 15 is 0 Å². The molecule has 1 aliphatic rings. The molecule has 7 heavy (non-hydrogen) atoms. The molecular weight excluding hydrogens is 86.1 g/mol. The summed E-state index contributed by atoms with van der Waals surface area (Å²) in [5.41, 5.74) is 0. The van der Waals surface area contributed by atoms with Crippen LogP contribution in [-0.2, 0) is 0 Å². The van der Waals surface area contributed by atoms with Crippen LogP contribution < -0.4 is 0 Å². The Hall–Kier alpha value is -0.300. The van der Waals surface area contributed by atoms with Gasteiger partial charge in [0.05, 0.1) is 0 Å². The van der Waals surface area contributed by atoms with Gasteiger partial charge in [0, 0.05) is 12.1 Å². The van der Waals surface area contributed by atoms with E-state index in [9.17, 15) is 0 Å². The summed E-state index contributed by atoms with van der Waals surface area (Å²) in [6, 6.07) is 1.41. The van der Waals surface area contributed by atoms with E-state index in [2.05, 4.69) is 25.5 Å². The van der Waals surface area contributed by atoms with Gasteiger partial charge in [-0.15, -0.1) is 6.58 Å². The first kappa shape index (κ1) is 4.85. The van der Waals surface area contributed by atoms with Gasteiger partial charge in [0.25, 0.3) is 0 Å². The van der Waals surface area contributed by atoms with Gasteiger partial charge >= 0.3 is 0 Å². The number of hydrogen-bond acceptors (Lipinski definition) is 1. The third-order valence-corrected chi connectivity index (χ3v) is 1.76. The molecule has 0 aromatic carbocycles. The van der Waals surface area contributed by atoms with Crippen LogP contribution in [0.2, 0.25) is 0 Å². The average Bonchev–Trinajstić information content (AvgIpc) is 2.17. The lowest BCUT2D eigenvalue weighted by Crippen LogP contribution is -1.86. The Bertz CT molecular complexity index is 80.2. The van der Waals surface area contributed by atoms with Crippen molar-refractivity contribution in [2.45, 2.75) is 19.0 Å². The number of likely N-dealkylation sites (N-methyl/N-ethyl adjacent to an activating group) is 1. The molecule has 0 radical (unpaired) electrons. The third kappa shape index (κ3) is 0.570. The van der Waals surface area contributed by atoms with Gasteiger partial charge in [0.2, 0.25) is 0 Å². The fraction of sp³-hybridized carbons (Fsp3) is 0.667. The quantitative estimate of drug-likeness (QED) is 0.346. The largest absolute Gasteiger partial charge is 0.294 e. The fourth-order valence-corrected chi connectivity index (χ4v) is 0.887. The molecule has 0 saturated carbocycles. The highest BCUT2D eigenvalue weighted by atomic mass is 15.3. The first-order valence-corrected chi connectivity index (χ1v) is 2.62. The van der Waals surface area contributed by atoms with Crippen LogP contribution in [0, 0.1) is 0 Å². The molecular formula is C6H11N. The van der Waals surface area contributed by atoms with Crippen molar-refractivity contribution in [1.82, 2.24) is 4.90 Å². The Morgan fingerprint density at radius 3 is 2.14 bits per heavy atom. The summed E-state index contributed by atoms with van der Waals surface area (Å²) >= 11 is 0. The molecule has 0 bridgehead atoms. The Balaban J connectivity index is 2.37. The van der Waals surface area contributed by atoms with Crippen LogP contribution in [-0.4, -0.2) is 24.0 Å². The van der Waals surface area contributed by atoms with Crippen molar-refractivity contribution in [2.24, 2.45) is 0 Å². The Morgan fingerprint density at radius 2 is 2.14 bits per heavy atom. The summed E-state index contributed by atoms with van der Waals surface area (Å²) in [6.07, 6.45) is 1.99. The highest BCUT2D eigenvalue weighted by Crippen LogP contribution is 2.24. The van der Waals surface area contributed by atoms with Crippen molar-refractivity contribution in [1.29, 1.82) is 0 Å². The van der Waals surface area contributed by atoms with Gasteiger partial charge in [-0.05, 0) is 14.0 Å². The molecule has 0 aromatic heterocycles. The van der Waals surface area contributed by atoms with E-state index in [0.29, 0.717) is 6.04 Å². The van der Waals surface area contributed by atoms with Crippen LogP contribution in [0.15, 0.2) is 12.7 Å². The van der Waals surface area contributed by atoms with Crippen LogP contribution in [0.25, 0.3) is 0 Å². The van der Waals surface area contributed by atoms with Gasteiger partial charge in [-0.25, -0.2) is 0 Å². The lowest BCUT2D eigenvalue weighted by atomic mass is 10.3. The maximum Gasteiger partial charge on any atom is 0.0429 e. The van der Waals surface area contributed by atoms with Crippen LogP contribution in [0.5, 0.6) is 0 Å². The zero-order valence-corrected chi connectivity index (χ0v) is 4.89. The molecule has 0 aliphatic carbocycles. The van der Waals surface area contributed by atoms with E-state index in [1.807, 2.05) is 6.08 Å². The van der Waals surface area contributed by atoms with E-state index in [-0.39, 0.29) is 0 Å². The summed E-state index contributed by atoms with van der Waals surface area (Å²) in [6.45, 7) is 5.88. The number of hydrogen-bond donors (Lipinski definition) is 0. The first-order valence-electron chi connectivity index (χ1n) is 2.62. The minimum atomic E-state index is 0.667. The molecule has 3 atom stereocenters. The predicted octanol–water partition coefficient (Wildman–Crippen LogP) is 0.875. The lowest BCUT2D eigenvalue weighted by Gasteiger charge is -1.78. The second kappa shape index (κ2) is 1.34. The molecule has 1 unspecified atom stereocenters. The normalized spacial score (nSPS) is 48.6. The van der Waals surface area contributed by atoms with Crippen molar-refractivity contribution < 1.29 is 0 Å². The molecule has 0 N–H and O–H groups in total. The van der Waals surface area contributed by atoms with Crippen LogP contribution >= 0.6 is 0 Å². The Kier molecular flexibility index (Phi) is 0.927. The number of nitrogens with zero attached hydrogens (tertiary/aromatic N) is 1. The second-order valence-electron chi connectivity index (χ2n) is 2.13. The van der Waals surface area contributed by atoms with Crippen molar-refractivity contribution in [3.05, 3.63) is 12.7 Å². The van der Waals surface area contributed by atoms with Gasteiger partial charge in [0.1, 0.15) is 0 Å². The van der Waals surface area contributed by atoms with E-state index in [1.54, 1.807) is 0 Å². The summed E-state index contributed by atoms with van der Waals surface area (Å²) in [5.74, 6) is 0. The average molecular weight is 97.2 g/mol. The zero-order valence-electron chi connectivity index (χ0n) is 4.89. The molecule has 1 heteroatoms. The Morgan fingerprint density at radius 1 is 1.71 bits per heavy atom. The van der Waals surface area contributed by atoms with Gasteiger partial charge < -0.3 is 0 Å². The first-order chi connectivity index (χ1) is 3.27. The van der Waals surface area contributed by atoms with Crippen molar-refractivity contribution in [3.63, 3.8) is 0 Å².